The van der Waals surface area contributed by atoms with Crippen molar-refractivity contribution in [3.05, 3.63) is 0 Å². The van der Waals surface area contributed by atoms with Gasteiger partial charge in [0.15, 0.2) is 0 Å². The SMILES string of the molecule is N[C@@H]1C(=O)N[C@@H]1CN1CCNS1(=O)=O. The van der Waals surface area contributed by atoms with E-state index in [9.17, 15) is 13.2 Å². The molecule has 2 saturated heterocycles. The lowest BCUT2D eigenvalue weighted by molar-refractivity contribution is -0.130. The largest absolute Gasteiger partial charge is 0.349 e. The van der Waals surface area contributed by atoms with Crippen molar-refractivity contribution in [2.45, 2.75) is 12.1 Å². The molecule has 0 aromatic rings. The Bertz CT molecular complexity index is 354. The van der Waals surface area contributed by atoms with Crippen LogP contribution in [0.4, 0.5) is 0 Å². The van der Waals surface area contributed by atoms with E-state index in [4.69, 9.17) is 5.73 Å². The second kappa shape index (κ2) is 3.16. The fourth-order valence-electron chi connectivity index (χ4n) is 1.53. The van der Waals surface area contributed by atoms with Gasteiger partial charge in [0, 0.05) is 19.6 Å². The molecule has 7 nitrogen and oxygen atoms in total. The van der Waals surface area contributed by atoms with Gasteiger partial charge >= 0.3 is 0 Å². The summed E-state index contributed by atoms with van der Waals surface area (Å²) in [6.07, 6.45) is 0. The average Bonchev–Trinajstić information content (AvgIpc) is 2.45. The summed E-state index contributed by atoms with van der Waals surface area (Å²) in [5.41, 5.74) is 5.48. The monoisotopic (exact) mass is 220 g/mol. The predicted octanol–water partition coefficient (Wildman–Crippen LogP) is -3.04. The first kappa shape index (κ1) is 9.84. The molecule has 8 heteroatoms. The average molecular weight is 220 g/mol. The molecule has 4 N–H and O–H groups in total. The molecule has 14 heavy (non-hydrogen) atoms. The Morgan fingerprint density at radius 3 is 2.71 bits per heavy atom. The molecule has 0 aromatic heterocycles. The quantitative estimate of drug-likeness (QED) is 0.430. The summed E-state index contributed by atoms with van der Waals surface area (Å²) in [6.45, 7) is 1.10. The van der Waals surface area contributed by atoms with Crippen LogP contribution in [-0.4, -0.2) is 50.3 Å². The Balaban J connectivity index is 1.96. The van der Waals surface area contributed by atoms with Crippen molar-refractivity contribution in [3.63, 3.8) is 0 Å². The normalized spacial score (nSPS) is 36.5. The molecule has 2 fully saturated rings. The van der Waals surface area contributed by atoms with Crippen molar-refractivity contribution in [2.24, 2.45) is 5.73 Å². The van der Waals surface area contributed by atoms with Gasteiger partial charge in [-0.2, -0.15) is 12.7 Å². The van der Waals surface area contributed by atoms with E-state index in [0.29, 0.717) is 13.1 Å². The van der Waals surface area contributed by atoms with E-state index in [-0.39, 0.29) is 18.5 Å². The van der Waals surface area contributed by atoms with Crippen LogP contribution in [0.5, 0.6) is 0 Å². The number of nitrogens with two attached hydrogens (primary N) is 1. The van der Waals surface area contributed by atoms with E-state index in [0.717, 1.165) is 0 Å². The maximum absolute atomic E-state index is 11.3. The summed E-state index contributed by atoms with van der Waals surface area (Å²) in [5.74, 6) is -0.223. The highest BCUT2D eigenvalue weighted by atomic mass is 32.2. The standard InChI is InChI=1S/C6H12N4O3S/c7-5-4(9-6(5)11)3-10-2-1-8-14(10,12)13/h4-5,8H,1-3,7H2,(H,9,11)/t4-,5+/m1/s1. The Kier molecular flexibility index (Phi) is 2.22. The molecule has 0 saturated carbocycles. The highest BCUT2D eigenvalue weighted by Crippen LogP contribution is 2.10. The van der Waals surface area contributed by atoms with Crippen LogP contribution in [0.25, 0.3) is 0 Å². The van der Waals surface area contributed by atoms with Gasteiger partial charge < -0.3 is 11.1 Å². The van der Waals surface area contributed by atoms with Crippen LogP contribution < -0.4 is 15.8 Å². The molecular weight excluding hydrogens is 208 g/mol. The third-order valence-corrected chi connectivity index (χ3v) is 4.03. The van der Waals surface area contributed by atoms with E-state index in [1.54, 1.807) is 0 Å². The van der Waals surface area contributed by atoms with Crippen LogP contribution in [0.15, 0.2) is 0 Å². The highest BCUT2D eigenvalue weighted by molar-refractivity contribution is 7.87. The molecule has 0 bridgehead atoms. The summed E-state index contributed by atoms with van der Waals surface area (Å²) < 4.78 is 26.2. The molecule has 1 amide bonds. The second-order valence-electron chi connectivity index (χ2n) is 3.40. The van der Waals surface area contributed by atoms with Gasteiger partial charge in [-0.25, -0.2) is 4.72 Å². The molecular formula is C6H12N4O3S. The molecule has 2 aliphatic heterocycles. The third kappa shape index (κ3) is 1.50. The summed E-state index contributed by atoms with van der Waals surface area (Å²) in [6, 6.07) is -0.831. The molecule has 80 valence electrons. The van der Waals surface area contributed by atoms with E-state index < -0.39 is 16.3 Å². The number of carbonyl (C=O) groups is 1. The maximum Gasteiger partial charge on any atom is 0.279 e. The van der Waals surface area contributed by atoms with Gasteiger partial charge in [-0.15, -0.1) is 0 Å². The summed E-state index contributed by atoms with van der Waals surface area (Å²) in [7, 11) is -3.32. The van der Waals surface area contributed by atoms with Gasteiger partial charge in [-0.3, -0.25) is 4.79 Å². The van der Waals surface area contributed by atoms with Gasteiger partial charge in [0.1, 0.15) is 6.04 Å². The Hall–Kier alpha value is -0.700. The molecule has 0 aliphatic carbocycles. The van der Waals surface area contributed by atoms with E-state index in [2.05, 4.69) is 10.0 Å². The van der Waals surface area contributed by atoms with Crippen molar-refractivity contribution in [3.8, 4) is 0 Å². The fraction of sp³-hybridized carbons (Fsp3) is 0.833. The van der Waals surface area contributed by atoms with Crippen LogP contribution in [0.3, 0.4) is 0 Å². The number of rotatable bonds is 2. The van der Waals surface area contributed by atoms with Crippen LogP contribution in [0.2, 0.25) is 0 Å². The highest BCUT2D eigenvalue weighted by Gasteiger charge is 2.40. The Morgan fingerprint density at radius 2 is 2.29 bits per heavy atom. The molecule has 2 rings (SSSR count). The van der Waals surface area contributed by atoms with Crippen molar-refractivity contribution in [2.75, 3.05) is 19.6 Å². The van der Waals surface area contributed by atoms with E-state index in [1.165, 1.54) is 4.31 Å². The van der Waals surface area contributed by atoms with Gasteiger partial charge in [0.2, 0.25) is 5.91 Å². The number of amides is 1. The van der Waals surface area contributed by atoms with Gasteiger partial charge in [0.05, 0.1) is 6.04 Å². The summed E-state index contributed by atoms with van der Waals surface area (Å²) in [4.78, 5) is 10.8. The molecule has 0 unspecified atom stereocenters. The van der Waals surface area contributed by atoms with Crippen molar-refractivity contribution in [1.82, 2.24) is 14.3 Å². The van der Waals surface area contributed by atoms with E-state index in [1.807, 2.05) is 0 Å². The van der Waals surface area contributed by atoms with Crippen molar-refractivity contribution >= 4 is 16.1 Å². The van der Waals surface area contributed by atoms with Gasteiger partial charge in [-0.05, 0) is 0 Å². The zero-order chi connectivity index (χ0) is 10.3. The van der Waals surface area contributed by atoms with Gasteiger partial charge in [-0.1, -0.05) is 0 Å². The maximum atomic E-state index is 11.3. The summed E-state index contributed by atoms with van der Waals surface area (Å²) in [5, 5.41) is 2.56. The first-order valence-corrected chi connectivity index (χ1v) is 5.75. The van der Waals surface area contributed by atoms with E-state index >= 15 is 0 Å². The van der Waals surface area contributed by atoms with Crippen molar-refractivity contribution < 1.29 is 13.2 Å². The minimum Gasteiger partial charge on any atom is -0.349 e. The number of β-lactam (4-membered cyclic amide) rings is 1. The number of nitrogens with one attached hydrogen (secondary N) is 2. The zero-order valence-corrected chi connectivity index (χ0v) is 8.25. The van der Waals surface area contributed by atoms with Gasteiger partial charge in [0.25, 0.3) is 10.2 Å². The third-order valence-electron chi connectivity index (χ3n) is 2.45. The van der Waals surface area contributed by atoms with Crippen molar-refractivity contribution in [1.29, 1.82) is 0 Å². The molecule has 0 aromatic carbocycles. The Labute approximate surface area is 81.8 Å². The zero-order valence-electron chi connectivity index (χ0n) is 7.43. The molecule has 2 atom stereocenters. The van der Waals surface area contributed by atoms with Crippen LogP contribution in [-0.2, 0) is 15.0 Å². The smallest absolute Gasteiger partial charge is 0.279 e. The lowest BCUT2D eigenvalue weighted by Crippen LogP contribution is -2.69. The fourth-order valence-corrected chi connectivity index (χ4v) is 2.75. The number of hydrogen-bond acceptors (Lipinski definition) is 4. The molecule has 2 aliphatic rings. The predicted molar refractivity (Wildman–Crippen MR) is 48.4 cm³/mol. The topological polar surface area (TPSA) is 105 Å². The number of nitrogens with zero attached hydrogens (tertiary/aromatic N) is 1. The first-order valence-electron chi connectivity index (χ1n) is 4.31. The lowest BCUT2D eigenvalue weighted by atomic mass is 10.0. The Morgan fingerprint density at radius 1 is 1.57 bits per heavy atom. The first-order chi connectivity index (χ1) is 6.50. The minimum atomic E-state index is -3.32. The molecule has 0 radical (unpaired) electrons. The van der Waals surface area contributed by atoms with Crippen LogP contribution >= 0.6 is 0 Å². The number of carbonyl (C=O) groups excluding carboxylic acids is 1. The van der Waals surface area contributed by atoms with Crippen LogP contribution in [0, 0.1) is 0 Å². The second-order valence-corrected chi connectivity index (χ2v) is 5.15. The van der Waals surface area contributed by atoms with Crippen LogP contribution in [0.1, 0.15) is 0 Å². The lowest BCUT2D eigenvalue weighted by Gasteiger charge is -2.35. The summed E-state index contributed by atoms with van der Waals surface area (Å²) >= 11 is 0. The molecule has 0 spiro atoms. The minimum absolute atomic E-state index is 0.223. The molecule has 2 heterocycles. The number of hydrogen-bond donors (Lipinski definition) is 3.